The summed E-state index contributed by atoms with van der Waals surface area (Å²) in [5, 5.41) is 10.8. The van der Waals surface area contributed by atoms with E-state index in [4.69, 9.17) is 9.84 Å². The van der Waals surface area contributed by atoms with E-state index in [2.05, 4.69) is 5.32 Å². The van der Waals surface area contributed by atoms with E-state index in [1.54, 1.807) is 27.7 Å². The summed E-state index contributed by atoms with van der Waals surface area (Å²) in [5.41, 5.74) is -0.695. The Morgan fingerprint density at radius 3 is 2.29 bits per heavy atom. The normalized spacial score (nSPS) is 21.9. The maximum Gasteiger partial charge on any atom is 0.408 e. The number of rotatable bonds is 3. The van der Waals surface area contributed by atoms with Crippen LogP contribution in [0.15, 0.2) is 12.2 Å². The van der Waals surface area contributed by atoms with Gasteiger partial charge in [0.2, 0.25) is 0 Å². The molecule has 0 saturated carbocycles. The van der Waals surface area contributed by atoms with Crippen LogP contribution >= 0.6 is 0 Å². The number of carboxylic acid groups (broad SMARTS) is 1. The second-order valence-corrected chi connectivity index (χ2v) is 5.58. The van der Waals surface area contributed by atoms with Gasteiger partial charge in [-0.15, -0.1) is 0 Å². The smallest absolute Gasteiger partial charge is 0.408 e. The van der Waals surface area contributed by atoms with Gasteiger partial charge in [-0.1, -0.05) is 0 Å². The lowest BCUT2D eigenvalue weighted by Crippen LogP contribution is -2.71. The number of nitrogens with one attached hydrogen (secondary N) is 1. The Kier molecular flexibility index (Phi) is 4.72. The number of nitrogens with zero attached hydrogens (tertiary/aromatic N) is 1. The number of amides is 3. The highest BCUT2D eigenvalue weighted by atomic mass is 16.6. The summed E-state index contributed by atoms with van der Waals surface area (Å²) < 4.78 is 5.02. The molecule has 8 nitrogen and oxygen atoms in total. The number of aliphatic carboxylic acids is 1. The van der Waals surface area contributed by atoms with E-state index in [1.807, 2.05) is 0 Å². The number of imide groups is 1. The van der Waals surface area contributed by atoms with Crippen molar-refractivity contribution >= 4 is 23.9 Å². The third kappa shape index (κ3) is 4.30. The molecule has 0 aromatic rings. The molecular weight excluding hydrogens is 280 g/mol. The van der Waals surface area contributed by atoms with Crippen molar-refractivity contribution in [3.63, 3.8) is 0 Å². The molecule has 1 heterocycles. The second kappa shape index (κ2) is 5.94. The molecule has 0 aliphatic carbocycles. The Hall–Kier alpha value is -2.38. The van der Waals surface area contributed by atoms with Crippen LogP contribution in [-0.4, -0.2) is 51.6 Å². The van der Waals surface area contributed by atoms with Gasteiger partial charge in [0, 0.05) is 12.2 Å². The average Bonchev–Trinajstić information content (AvgIpc) is 2.31. The summed E-state index contributed by atoms with van der Waals surface area (Å²) in [5.74, 6) is -2.63. The van der Waals surface area contributed by atoms with Crippen molar-refractivity contribution in [2.24, 2.45) is 0 Å². The van der Waals surface area contributed by atoms with Crippen molar-refractivity contribution in [1.29, 1.82) is 0 Å². The minimum absolute atomic E-state index is 0.573. The van der Waals surface area contributed by atoms with Crippen LogP contribution in [0.1, 0.15) is 27.7 Å². The SMILES string of the molecule is C[C@@H]1[C@H](NC(=O)OC(C)(C)C)C(=O)N1C(=O)/C=C\C(=O)O. The fourth-order valence-corrected chi connectivity index (χ4v) is 1.77. The van der Waals surface area contributed by atoms with Gasteiger partial charge in [-0.2, -0.15) is 0 Å². The summed E-state index contributed by atoms with van der Waals surface area (Å²) in [6.07, 6.45) is 0.693. The molecule has 2 atom stereocenters. The predicted octanol–water partition coefficient (Wildman–Crippen LogP) is 0.278. The van der Waals surface area contributed by atoms with Crippen LogP contribution in [0.5, 0.6) is 0 Å². The molecule has 0 bridgehead atoms. The Labute approximate surface area is 121 Å². The number of β-lactam (4-membered cyclic amide) rings is 1. The number of ether oxygens (including phenoxy) is 1. The predicted molar refractivity (Wildman–Crippen MR) is 71.2 cm³/mol. The van der Waals surface area contributed by atoms with Gasteiger partial charge in [0.25, 0.3) is 11.8 Å². The van der Waals surface area contributed by atoms with E-state index < -0.39 is 41.6 Å². The molecule has 0 spiro atoms. The fraction of sp³-hybridized carbons (Fsp3) is 0.538. The highest BCUT2D eigenvalue weighted by molar-refractivity contribution is 6.09. The number of hydrogen-bond acceptors (Lipinski definition) is 5. The van der Waals surface area contributed by atoms with Gasteiger partial charge in [-0.3, -0.25) is 14.5 Å². The molecule has 0 unspecified atom stereocenters. The molecule has 8 heteroatoms. The minimum atomic E-state index is -1.28. The van der Waals surface area contributed by atoms with Crippen molar-refractivity contribution in [2.75, 3.05) is 0 Å². The van der Waals surface area contributed by atoms with Crippen molar-refractivity contribution in [3.05, 3.63) is 12.2 Å². The number of carbonyl (C=O) groups excluding carboxylic acids is 3. The first-order valence-electron chi connectivity index (χ1n) is 6.30. The summed E-state index contributed by atoms with van der Waals surface area (Å²) in [7, 11) is 0. The second-order valence-electron chi connectivity index (χ2n) is 5.58. The summed E-state index contributed by atoms with van der Waals surface area (Å²) >= 11 is 0. The third-order valence-electron chi connectivity index (χ3n) is 2.67. The van der Waals surface area contributed by atoms with Gasteiger partial charge in [-0.25, -0.2) is 9.59 Å². The monoisotopic (exact) mass is 298 g/mol. The molecule has 1 fully saturated rings. The highest BCUT2D eigenvalue weighted by Gasteiger charge is 2.48. The third-order valence-corrected chi connectivity index (χ3v) is 2.67. The van der Waals surface area contributed by atoms with Crippen LogP contribution in [0.25, 0.3) is 0 Å². The minimum Gasteiger partial charge on any atom is -0.478 e. The van der Waals surface area contributed by atoms with Crippen molar-refractivity contribution in [1.82, 2.24) is 10.2 Å². The van der Waals surface area contributed by atoms with E-state index in [-0.39, 0.29) is 0 Å². The quantitative estimate of drug-likeness (QED) is 0.571. The lowest BCUT2D eigenvalue weighted by atomic mass is 9.96. The summed E-state index contributed by atoms with van der Waals surface area (Å²) in [4.78, 5) is 46.2. The fourth-order valence-electron chi connectivity index (χ4n) is 1.77. The van der Waals surface area contributed by atoms with E-state index in [0.717, 1.165) is 11.0 Å². The molecule has 3 amide bonds. The number of carbonyl (C=O) groups is 4. The van der Waals surface area contributed by atoms with Gasteiger partial charge in [0.1, 0.15) is 11.6 Å². The van der Waals surface area contributed by atoms with Crippen LogP contribution in [0.4, 0.5) is 4.79 Å². The molecule has 1 aliphatic rings. The van der Waals surface area contributed by atoms with Gasteiger partial charge in [0.15, 0.2) is 0 Å². The average molecular weight is 298 g/mol. The van der Waals surface area contributed by atoms with E-state index in [0.29, 0.717) is 6.08 Å². The van der Waals surface area contributed by atoms with Gasteiger partial charge >= 0.3 is 12.1 Å². The van der Waals surface area contributed by atoms with Crippen LogP contribution in [0, 0.1) is 0 Å². The molecule has 21 heavy (non-hydrogen) atoms. The zero-order chi connectivity index (χ0) is 16.4. The first-order chi connectivity index (χ1) is 9.53. The molecule has 0 radical (unpaired) electrons. The van der Waals surface area contributed by atoms with Crippen LogP contribution in [-0.2, 0) is 19.1 Å². The largest absolute Gasteiger partial charge is 0.478 e. The molecule has 1 saturated heterocycles. The summed E-state index contributed by atoms with van der Waals surface area (Å²) in [6.45, 7) is 6.62. The first-order valence-corrected chi connectivity index (χ1v) is 6.30. The number of hydrogen-bond donors (Lipinski definition) is 2. The lowest BCUT2D eigenvalue weighted by Gasteiger charge is -2.43. The first kappa shape index (κ1) is 16.7. The van der Waals surface area contributed by atoms with Gasteiger partial charge < -0.3 is 15.2 Å². The molecule has 1 aliphatic heterocycles. The molecule has 0 aromatic carbocycles. The standard InChI is InChI=1S/C13H18N2O6/c1-7-10(14-12(20)21-13(2,3)4)11(19)15(7)8(16)5-6-9(17)18/h5-7,10H,1-4H3,(H,14,20)(H,17,18)/b6-5-/t7-,10+/m1/s1. The number of carboxylic acids is 1. The van der Waals surface area contributed by atoms with Crippen LogP contribution < -0.4 is 5.32 Å². The molecule has 2 N–H and O–H groups in total. The van der Waals surface area contributed by atoms with E-state index >= 15 is 0 Å². The van der Waals surface area contributed by atoms with Crippen molar-refractivity contribution in [2.45, 2.75) is 45.4 Å². The maximum atomic E-state index is 11.8. The molecule has 116 valence electrons. The Morgan fingerprint density at radius 2 is 1.86 bits per heavy atom. The Morgan fingerprint density at radius 1 is 1.29 bits per heavy atom. The van der Waals surface area contributed by atoms with Crippen LogP contribution in [0.3, 0.4) is 0 Å². The number of alkyl carbamates (subject to hydrolysis) is 1. The lowest BCUT2D eigenvalue weighted by molar-refractivity contribution is -0.158. The zero-order valence-corrected chi connectivity index (χ0v) is 12.2. The molecule has 1 rings (SSSR count). The zero-order valence-electron chi connectivity index (χ0n) is 12.2. The topological polar surface area (TPSA) is 113 Å². The van der Waals surface area contributed by atoms with Gasteiger partial charge in [0.05, 0.1) is 6.04 Å². The molecular formula is C13H18N2O6. The van der Waals surface area contributed by atoms with Crippen molar-refractivity contribution < 1.29 is 29.0 Å². The molecule has 0 aromatic heterocycles. The highest BCUT2D eigenvalue weighted by Crippen LogP contribution is 2.21. The van der Waals surface area contributed by atoms with E-state index in [9.17, 15) is 19.2 Å². The van der Waals surface area contributed by atoms with Crippen LogP contribution in [0.2, 0.25) is 0 Å². The van der Waals surface area contributed by atoms with Gasteiger partial charge in [-0.05, 0) is 27.7 Å². The number of likely N-dealkylation sites (tertiary alicyclic amines) is 1. The summed E-state index contributed by atoms with van der Waals surface area (Å²) in [6, 6.07) is -1.43. The Balaban J connectivity index is 2.60. The maximum absolute atomic E-state index is 11.8. The van der Waals surface area contributed by atoms with Crippen molar-refractivity contribution in [3.8, 4) is 0 Å². The van der Waals surface area contributed by atoms with E-state index in [1.165, 1.54) is 0 Å². The Bertz CT molecular complexity index is 505.